The molecule has 246 valence electrons. The monoisotopic (exact) mass is 719 g/mol. The molecule has 2 saturated heterocycles. The molecule has 2 N–H and O–H groups in total. The first-order valence-electron chi connectivity index (χ1n) is 16.2. The number of fused-ring (bicyclic) bond motifs is 4. The number of hydrogen-bond acceptors (Lipinski definition) is 6. The number of rotatable bonds is 5. The normalized spacial score (nSPS) is 27.5. The van der Waals surface area contributed by atoms with E-state index in [0.717, 1.165) is 21.1 Å². The molecule has 4 aromatic carbocycles. The van der Waals surface area contributed by atoms with Crippen LogP contribution in [0.3, 0.4) is 0 Å². The number of allylic oxidation sites excluding steroid dienone is 2. The topological polar surface area (TPSA) is 107 Å². The standard InChI is InChI=1S/C39H31BrFN3O5/c1-21-10-14-24(15-11-21)42-44-36(47)30-20-29-26(18-19-27-32(29)37(48)43(35(27)46)25-16-12-23(40)13-17-25)33(28-8-5-9-31(41)34(28)45)39(30,38(44)49)22-6-3-2-4-7-22/h2-18,27,29-30,32-33,42,45H,19-20H2,1H3/t27-,29+,30-,32-,33+,39+/m0/s1. The highest BCUT2D eigenvalue weighted by Gasteiger charge is 2.70. The van der Waals surface area contributed by atoms with Crippen LogP contribution in [-0.2, 0) is 24.6 Å². The molecule has 8 nitrogen and oxygen atoms in total. The summed E-state index contributed by atoms with van der Waals surface area (Å²) in [7, 11) is 0. The molecule has 0 bridgehead atoms. The second-order valence-electron chi connectivity index (χ2n) is 13.3. The van der Waals surface area contributed by atoms with E-state index < -0.39 is 58.4 Å². The van der Waals surface area contributed by atoms with Crippen molar-refractivity contribution in [2.75, 3.05) is 10.3 Å². The van der Waals surface area contributed by atoms with Crippen molar-refractivity contribution in [3.05, 3.63) is 136 Å². The van der Waals surface area contributed by atoms with Crippen LogP contribution in [0.1, 0.15) is 35.4 Å². The molecule has 2 aliphatic carbocycles. The molecule has 2 heterocycles. The number of carbonyl (C=O) groups is 4. The van der Waals surface area contributed by atoms with Crippen molar-refractivity contribution in [3.8, 4) is 5.75 Å². The Labute approximate surface area is 290 Å². The number of hydrazine groups is 1. The van der Waals surface area contributed by atoms with E-state index in [2.05, 4.69) is 21.4 Å². The summed E-state index contributed by atoms with van der Waals surface area (Å²) < 4.78 is 16.0. The third-order valence-electron chi connectivity index (χ3n) is 10.8. The Morgan fingerprint density at radius 2 is 1.55 bits per heavy atom. The van der Waals surface area contributed by atoms with Crippen LogP contribution in [0.15, 0.2) is 113 Å². The van der Waals surface area contributed by atoms with Gasteiger partial charge in [0.1, 0.15) is 0 Å². The third kappa shape index (κ3) is 4.53. The largest absolute Gasteiger partial charge is 0.505 e. The Bertz CT molecular complexity index is 2070. The molecule has 6 atom stereocenters. The fraction of sp³-hybridized carbons (Fsp3) is 0.231. The minimum Gasteiger partial charge on any atom is -0.505 e. The highest BCUT2D eigenvalue weighted by atomic mass is 79.9. The number of nitrogens with zero attached hydrogens (tertiary/aromatic N) is 2. The number of imide groups is 2. The second kappa shape index (κ2) is 11.5. The zero-order valence-electron chi connectivity index (χ0n) is 26.3. The quantitative estimate of drug-likeness (QED) is 0.174. The Morgan fingerprint density at radius 1 is 0.837 bits per heavy atom. The van der Waals surface area contributed by atoms with Gasteiger partial charge in [-0.2, -0.15) is 5.01 Å². The van der Waals surface area contributed by atoms with Crippen molar-refractivity contribution < 1.29 is 28.7 Å². The molecule has 8 rings (SSSR count). The molecule has 0 spiro atoms. The van der Waals surface area contributed by atoms with E-state index in [0.29, 0.717) is 22.5 Å². The van der Waals surface area contributed by atoms with Gasteiger partial charge in [-0.25, -0.2) is 4.39 Å². The summed E-state index contributed by atoms with van der Waals surface area (Å²) in [5, 5.41) is 12.4. The predicted octanol–water partition coefficient (Wildman–Crippen LogP) is 6.79. The summed E-state index contributed by atoms with van der Waals surface area (Å²) in [5.74, 6) is -7.42. The Balaban J connectivity index is 1.33. The van der Waals surface area contributed by atoms with Gasteiger partial charge in [0.05, 0.1) is 34.5 Å². The number of phenolic OH excluding ortho intramolecular Hbond substituents is 1. The van der Waals surface area contributed by atoms with Gasteiger partial charge in [0.2, 0.25) is 11.8 Å². The molecule has 10 heteroatoms. The average Bonchev–Trinajstić information content (AvgIpc) is 3.49. The number of halogens is 2. The fourth-order valence-corrected chi connectivity index (χ4v) is 8.97. The van der Waals surface area contributed by atoms with Gasteiger partial charge in [-0.15, -0.1) is 0 Å². The number of para-hydroxylation sites is 1. The fourth-order valence-electron chi connectivity index (χ4n) is 8.70. The van der Waals surface area contributed by atoms with Crippen LogP contribution in [0.2, 0.25) is 0 Å². The average molecular weight is 721 g/mol. The van der Waals surface area contributed by atoms with Crippen molar-refractivity contribution in [2.45, 2.75) is 31.1 Å². The molecular formula is C39H31BrFN3O5. The molecule has 0 aromatic heterocycles. The summed E-state index contributed by atoms with van der Waals surface area (Å²) in [6.07, 6.45) is 2.19. The highest BCUT2D eigenvalue weighted by Crippen LogP contribution is 2.65. The number of phenols is 1. The number of amides is 4. The van der Waals surface area contributed by atoms with Crippen molar-refractivity contribution in [1.82, 2.24) is 5.01 Å². The zero-order valence-corrected chi connectivity index (χ0v) is 27.9. The summed E-state index contributed by atoms with van der Waals surface area (Å²) in [4.78, 5) is 59.3. The Hall–Kier alpha value is -5.09. The lowest BCUT2D eigenvalue weighted by molar-refractivity contribution is -0.138. The van der Waals surface area contributed by atoms with Crippen LogP contribution in [-0.4, -0.2) is 33.7 Å². The number of benzene rings is 4. The van der Waals surface area contributed by atoms with Gasteiger partial charge in [-0.3, -0.25) is 29.5 Å². The van der Waals surface area contributed by atoms with E-state index in [-0.39, 0.29) is 30.2 Å². The lowest BCUT2D eigenvalue weighted by Crippen LogP contribution is -2.53. The van der Waals surface area contributed by atoms with Gasteiger partial charge in [0.25, 0.3) is 11.8 Å². The van der Waals surface area contributed by atoms with E-state index in [4.69, 9.17) is 0 Å². The van der Waals surface area contributed by atoms with Crippen molar-refractivity contribution in [1.29, 1.82) is 0 Å². The van der Waals surface area contributed by atoms with Gasteiger partial charge >= 0.3 is 0 Å². The maximum Gasteiger partial charge on any atom is 0.260 e. The molecule has 4 amide bonds. The highest BCUT2D eigenvalue weighted by molar-refractivity contribution is 9.10. The lowest BCUT2D eigenvalue weighted by atomic mass is 9.49. The van der Waals surface area contributed by atoms with E-state index in [1.807, 2.05) is 31.2 Å². The number of anilines is 2. The van der Waals surface area contributed by atoms with Crippen LogP contribution in [0.4, 0.5) is 15.8 Å². The summed E-state index contributed by atoms with van der Waals surface area (Å²) in [6, 6.07) is 27.3. The first-order chi connectivity index (χ1) is 23.6. The van der Waals surface area contributed by atoms with E-state index in [9.17, 15) is 19.5 Å². The van der Waals surface area contributed by atoms with Crippen LogP contribution < -0.4 is 10.3 Å². The molecule has 4 aliphatic rings. The zero-order chi connectivity index (χ0) is 34.2. The van der Waals surface area contributed by atoms with Gasteiger partial charge in [0, 0.05) is 16.0 Å². The smallest absolute Gasteiger partial charge is 0.260 e. The molecule has 3 fully saturated rings. The summed E-state index contributed by atoms with van der Waals surface area (Å²) >= 11 is 3.41. The first-order valence-corrected chi connectivity index (χ1v) is 17.0. The number of nitrogens with one attached hydrogen (secondary N) is 1. The molecule has 1 saturated carbocycles. The van der Waals surface area contributed by atoms with Crippen LogP contribution >= 0.6 is 15.9 Å². The van der Waals surface area contributed by atoms with Crippen molar-refractivity contribution in [3.63, 3.8) is 0 Å². The minimum absolute atomic E-state index is 0.0956. The van der Waals surface area contributed by atoms with E-state index in [1.165, 1.54) is 11.0 Å². The van der Waals surface area contributed by atoms with Gasteiger partial charge in [0.15, 0.2) is 11.6 Å². The third-order valence-corrected chi connectivity index (χ3v) is 11.3. The van der Waals surface area contributed by atoms with E-state index in [1.54, 1.807) is 66.7 Å². The number of aryl methyl sites for hydroxylation is 1. The predicted molar refractivity (Wildman–Crippen MR) is 183 cm³/mol. The first kappa shape index (κ1) is 31.2. The molecule has 49 heavy (non-hydrogen) atoms. The maximum absolute atomic E-state index is 15.2. The van der Waals surface area contributed by atoms with Crippen molar-refractivity contribution >= 4 is 50.9 Å². The second-order valence-corrected chi connectivity index (χ2v) is 14.2. The Kier molecular flexibility index (Phi) is 7.33. The van der Waals surface area contributed by atoms with E-state index >= 15 is 9.18 Å². The van der Waals surface area contributed by atoms with Crippen molar-refractivity contribution in [2.24, 2.45) is 23.7 Å². The molecule has 0 radical (unpaired) electrons. The van der Waals surface area contributed by atoms with Gasteiger partial charge in [-0.05, 0) is 73.7 Å². The van der Waals surface area contributed by atoms with Crippen LogP contribution in [0, 0.1) is 36.4 Å². The number of hydrogen-bond donors (Lipinski definition) is 2. The van der Waals surface area contributed by atoms with Gasteiger partial charge < -0.3 is 5.11 Å². The number of carbonyl (C=O) groups excluding carboxylic acids is 4. The Morgan fingerprint density at radius 3 is 2.27 bits per heavy atom. The molecular weight excluding hydrogens is 689 g/mol. The lowest BCUT2D eigenvalue weighted by Gasteiger charge is -2.50. The SMILES string of the molecule is Cc1ccc(NN2C(=O)[C@@H]3C[C@@H]4C(=CC[C@@H]5C(=O)N(c6ccc(Br)cc6)C(=O)[C@@H]54)[C@H](c4cccc(F)c4O)[C@]3(c3ccccc3)C2=O)cc1. The molecule has 0 unspecified atom stereocenters. The summed E-state index contributed by atoms with van der Waals surface area (Å²) in [6.45, 7) is 1.93. The minimum atomic E-state index is -1.60. The summed E-state index contributed by atoms with van der Waals surface area (Å²) in [5.41, 5.74) is 4.72. The molecule has 2 aliphatic heterocycles. The molecule has 4 aromatic rings. The van der Waals surface area contributed by atoms with Crippen LogP contribution in [0.25, 0.3) is 0 Å². The van der Waals surface area contributed by atoms with Gasteiger partial charge in [-0.1, -0.05) is 87.7 Å². The maximum atomic E-state index is 15.2. The number of aromatic hydroxyl groups is 1. The van der Waals surface area contributed by atoms with Crippen LogP contribution in [0.5, 0.6) is 5.75 Å².